The molecule has 110 valence electrons. The second-order valence-electron chi connectivity index (χ2n) is 4.30. The van der Waals surface area contributed by atoms with E-state index in [1.807, 2.05) is 0 Å². The highest BCUT2D eigenvalue weighted by molar-refractivity contribution is 5.92. The molecular weight excluding hydrogens is 279 g/mol. The lowest BCUT2D eigenvalue weighted by atomic mass is 10.1. The lowest BCUT2D eigenvalue weighted by Crippen LogP contribution is -2.15. The summed E-state index contributed by atoms with van der Waals surface area (Å²) in [5.41, 5.74) is 11.1. The number of primary amides is 1. The van der Waals surface area contributed by atoms with E-state index < -0.39 is 17.7 Å². The van der Waals surface area contributed by atoms with Crippen molar-refractivity contribution in [3.8, 4) is 0 Å². The van der Waals surface area contributed by atoms with Crippen LogP contribution in [-0.2, 0) is 22.7 Å². The molecule has 0 saturated heterocycles. The van der Waals surface area contributed by atoms with Crippen LogP contribution in [0.2, 0.25) is 0 Å². The molecule has 4 N–H and O–H groups in total. The van der Waals surface area contributed by atoms with Crippen LogP contribution in [0.25, 0.3) is 0 Å². The highest BCUT2D eigenvalue weighted by atomic mass is 19.1. The van der Waals surface area contributed by atoms with Gasteiger partial charge in [-0.05, 0) is 12.1 Å². The Morgan fingerprint density at radius 2 is 2.14 bits per heavy atom. The van der Waals surface area contributed by atoms with Crippen LogP contribution in [0.3, 0.4) is 0 Å². The monoisotopic (exact) mass is 292 g/mol. The first-order chi connectivity index (χ1) is 9.95. The minimum atomic E-state index is -0.728. The number of hydrogen-bond acceptors (Lipinski definition) is 5. The van der Waals surface area contributed by atoms with E-state index in [9.17, 15) is 14.0 Å². The zero-order valence-electron chi connectivity index (χ0n) is 11.0. The molecule has 0 radical (unpaired) electrons. The van der Waals surface area contributed by atoms with Crippen molar-refractivity contribution in [3.63, 3.8) is 0 Å². The van der Waals surface area contributed by atoms with Gasteiger partial charge in [-0.25, -0.2) is 4.39 Å². The van der Waals surface area contributed by atoms with E-state index in [2.05, 4.69) is 5.10 Å². The number of carbonyl (C=O) groups is 2. The maximum absolute atomic E-state index is 13.7. The Morgan fingerprint density at radius 3 is 2.71 bits per heavy atom. The van der Waals surface area contributed by atoms with Crippen molar-refractivity contribution in [2.45, 2.75) is 13.2 Å². The molecule has 0 unspecified atom stereocenters. The Hall–Kier alpha value is -2.90. The number of nitrogens with zero attached hydrogens (tertiary/aromatic N) is 2. The number of nitrogen functional groups attached to an aromatic ring is 1. The van der Waals surface area contributed by atoms with Crippen molar-refractivity contribution in [1.29, 1.82) is 0 Å². The van der Waals surface area contributed by atoms with Crippen LogP contribution in [0, 0.1) is 5.82 Å². The second-order valence-corrected chi connectivity index (χ2v) is 4.30. The maximum Gasteiger partial charge on any atom is 0.328 e. The second kappa shape index (κ2) is 6.04. The number of carbonyl (C=O) groups excluding carboxylic acids is 2. The van der Waals surface area contributed by atoms with E-state index >= 15 is 0 Å². The zero-order valence-corrected chi connectivity index (χ0v) is 11.0. The van der Waals surface area contributed by atoms with Gasteiger partial charge in [0.2, 0.25) is 5.91 Å². The van der Waals surface area contributed by atoms with E-state index in [0.717, 1.165) is 6.07 Å². The van der Waals surface area contributed by atoms with Gasteiger partial charge in [0, 0.05) is 17.3 Å². The van der Waals surface area contributed by atoms with Crippen LogP contribution in [0.15, 0.2) is 30.6 Å². The van der Waals surface area contributed by atoms with Crippen molar-refractivity contribution in [1.82, 2.24) is 9.78 Å². The number of benzene rings is 1. The minimum Gasteiger partial charge on any atom is -0.459 e. The molecular formula is C13H13FN4O3. The predicted octanol–water partition coefficient (Wildman–Crippen LogP) is 0.447. The molecule has 7 nitrogen and oxygen atoms in total. The molecule has 0 saturated carbocycles. The molecule has 1 aromatic heterocycles. The molecule has 0 atom stereocenters. The summed E-state index contributed by atoms with van der Waals surface area (Å²) in [4.78, 5) is 22.4. The summed E-state index contributed by atoms with van der Waals surface area (Å²) in [6.45, 7) is -0.376. The molecule has 0 spiro atoms. The van der Waals surface area contributed by atoms with Crippen molar-refractivity contribution in [2.75, 3.05) is 5.73 Å². The van der Waals surface area contributed by atoms with Gasteiger partial charge >= 0.3 is 5.97 Å². The Morgan fingerprint density at radius 1 is 1.38 bits per heavy atom. The number of esters is 1. The highest BCUT2D eigenvalue weighted by Crippen LogP contribution is 2.11. The van der Waals surface area contributed by atoms with Crippen molar-refractivity contribution in [3.05, 3.63) is 47.5 Å². The number of amides is 1. The summed E-state index contributed by atoms with van der Waals surface area (Å²) in [6.07, 6.45) is 2.87. The summed E-state index contributed by atoms with van der Waals surface area (Å²) in [6, 6.07) is 3.71. The Labute approximate surface area is 119 Å². The number of anilines is 1. The van der Waals surface area contributed by atoms with Gasteiger partial charge in [0.05, 0.1) is 11.9 Å². The standard InChI is InChI=1S/C13H13FN4O3/c14-11-3-8(13(16)20)1-2-9(11)7-21-12(19)6-18-5-10(15)4-17-18/h1-5H,6-7,15H2,(H2,16,20). The van der Waals surface area contributed by atoms with Crippen LogP contribution >= 0.6 is 0 Å². The maximum atomic E-state index is 13.7. The van der Waals surface area contributed by atoms with Gasteiger partial charge in [-0.3, -0.25) is 14.3 Å². The first kappa shape index (κ1) is 14.5. The van der Waals surface area contributed by atoms with Crippen molar-refractivity contribution < 1.29 is 18.7 Å². The molecule has 0 fully saturated rings. The van der Waals surface area contributed by atoms with Crippen LogP contribution in [-0.4, -0.2) is 21.7 Å². The third kappa shape index (κ3) is 3.78. The molecule has 1 heterocycles. The first-order valence-corrected chi connectivity index (χ1v) is 5.97. The quantitative estimate of drug-likeness (QED) is 0.777. The third-order valence-corrected chi connectivity index (χ3v) is 2.67. The summed E-state index contributed by atoms with van der Waals surface area (Å²) < 4.78 is 19.9. The SMILES string of the molecule is NC(=O)c1ccc(COC(=O)Cn2cc(N)cn2)c(F)c1. The van der Waals surface area contributed by atoms with Gasteiger partial charge in [0.1, 0.15) is 19.0 Å². The van der Waals surface area contributed by atoms with E-state index in [1.54, 1.807) is 0 Å². The molecule has 1 aromatic carbocycles. The van der Waals surface area contributed by atoms with Crippen LogP contribution in [0.1, 0.15) is 15.9 Å². The van der Waals surface area contributed by atoms with E-state index in [-0.39, 0.29) is 24.3 Å². The molecule has 0 aliphatic heterocycles. The topological polar surface area (TPSA) is 113 Å². The smallest absolute Gasteiger partial charge is 0.328 e. The van der Waals surface area contributed by atoms with Crippen molar-refractivity contribution >= 4 is 17.6 Å². The van der Waals surface area contributed by atoms with E-state index in [1.165, 1.54) is 29.2 Å². The Bertz CT molecular complexity index is 684. The Kier molecular flexibility index (Phi) is 4.17. The number of ether oxygens (including phenoxy) is 1. The van der Waals surface area contributed by atoms with Gasteiger partial charge < -0.3 is 16.2 Å². The van der Waals surface area contributed by atoms with E-state index in [4.69, 9.17) is 16.2 Å². The third-order valence-electron chi connectivity index (χ3n) is 2.67. The van der Waals surface area contributed by atoms with Crippen molar-refractivity contribution in [2.24, 2.45) is 5.73 Å². The van der Waals surface area contributed by atoms with Crippen LogP contribution in [0.4, 0.5) is 10.1 Å². The van der Waals surface area contributed by atoms with Crippen LogP contribution in [0.5, 0.6) is 0 Å². The summed E-state index contributed by atoms with van der Waals surface area (Å²) in [5.74, 6) is -1.98. The molecule has 2 aromatic rings. The minimum absolute atomic E-state index is 0.0505. The fraction of sp³-hybridized carbons (Fsp3) is 0.154. The van der Waals surface area contributed by atoms with Gasteiger partial charge in [-0.2, -0.15) is 5.10 Å². The zero-order chi connectivity index (χ0) is 15.4. The largest absolute Gasteiger partial charge is 0.459 e. The van der Waals surface area contributed by atoms with Crippen LogP contribution < -0.4 is 11.5 Å². The molecule has 8 heteroatoms. The van der Waals surface area contributed by atoms with E-state index in [0.29, 0.717) is 5.69 Å². The number of hydrogen-bond donors (Lipinski definition) is 2. The number of halogens is 1. The molecule has 0 aliphatic rings. The first-order valence-electron chi connectivity index (χ1n) is 5.97. The fourth-order valence-corrected chi connectivity index (χ4v) is 1.62. The molecule has 2 rings (SSSR count). The molecule has 1 amide bonds. The average Bonchev–Trinajstić information content (AvgIpc) is 2.82. The number of nitrogens with two attached hydrogens (primary N) is 2. The average molecular weight is 292 g/mol. The molecule has 0 aliphatic carbocycles. The lowest BCUT2D eigenvalue weighted by molar-refractivity contribution is -0.145. The Balaban J connectivity index is 1.93. The fourth-order valence-electron chi connectivity index (χ4n) is 1.62. The normalized spacial score (nSPS) is 10.3. The number of rotatable bonds is 5. The van der Waals surface area contributed by atoms with Gasteiger partial charge in [0.15, 0.2) is 0 Å². The summed E-state index contributed by atoms with van der Waals surface area (Å²) in [7, 11) is 0. The lowest BCUT2D eigenvalue weighted by Gasteiger charge is -2.07. The molecule has 0 bridgehead atoms. The van der Waals surface area contributed by atoms with Gasteiger partial charge in [0.25, 0.3) is 0 Å². The summed E-state index contributed by atoms with van der Waals surface area (Å²) >= 11 is 0. The van der Waals surface area contributed by atoms with Gasteiger partial charge in [-0.1, -0.05) is 6.07 Å². The highest BCUT2D eigenvalue weighted by Gasteiger charge is 2.10. The predicted molar refractivity (Wildman–Crippen MR) is 71.4 cm³/mol. The van der Waals surface area contributed by atoms with Gasteiger partial charge in [-0.15, -0.1) is 0 Å². The number of aromatic nitrogens is 2. The summed E-state index contributed by atoms with van der Waals surface area (Å²) in [5, 5.41) is 3.82. The molecule has 21 heavy (non-hydrogen) atoms.